The van der Waals surface area contributed by atoms with Gasteiger partial charge < -0.3 is 5.32 Å². The second-order valence-electron chi connectivity index (χ2n) is 4.44. The molecule has 0 saturated carbocycles. The van der Waals surface area contributed by atoms with Crippen LogP contribution in [0.3, 0.4) is 0 Å². The highest BCUT2D eigenvalue weighted by Crippen LogP contribution is 2.33. The van der Waals surface area contributed by atoms with E-state index in [0.29, 0.717) is 6.54 Å². The molecule has 0 radical (unpaired) electrons. The molecule has 0 unspecified atom stereocenters. The largest absolute Gasteiger partial charge is 0.416 e. The van der Waals surface area contributed by atoms with Crippen molar-refractivity contribution < 1.29 is 17.6 Å². The van der Waals surface area contributed by atoms with Gasteiger partial charge in [0, 0.05) is 18.3 Å². The molecule has 2 heterocycles. The summed E-state index contributed by atoms with van der Waals surface area (Å²) in [5, 5.41) is 2.81. The van der Waals surface area contributed by atoms with Gasteiger partial charge in [-0.2, -0.15) is 13.2 Å². The van der Waals surface area contributed by atoms with E-state index in [-0.39, 0.29) is 17.1 Å². The topological polar surface area (TPSA) is 37.8 Å². The third kappa shape index (κ3) is 3.90. The maximum Gasteiger partial charge on any atom is 0.416 e. The number of aromatic nitrogens is 2. The number of anilines is 1. The minimum absolute atomic E-state index is 0.0235. The molecule has 3 nitrogen and oxygen atoms in total. The Hall–Kier alpha value is -2.18. The van der Waals surface area contributed by atoms with Crippen molar-refractivity contribution in [3.8, 4) is 11.3 Å². The number of rotatable bonds is 4. The van der Waals surface area contributed by atoms with E-state index in [0.717, 1.165) is 30.8 Å². The molecule has 1 N–H and O–H groups in total. The minimum atomic E-state index is -4.50. The SMILES string of the molecule is CCCNc1cc(C(F)(F)F)cc(-c2cncc(F)c2)n1. The fourth-order valence-electron chi connectivity index (χ4n) is 1.74. The van der Waals surface area contributed by atoms with E-state index >= 15 is 0 Å². The van der Waals surface area contributed by atoms with Crippen LogP contribution in [-0.4, -0.2) is 16.5 Å². The second-order valence-corrected chi connectivity index (χ2v) is 4.44. The number of nitrogens with zero attached hydrogens (tertiary/aromatic N) is 2. The van der Waals surface area contributed by atoms with Gasteiger partial charge in [-0.15, -0.1) is 0 Å². The zero-order valence-corrected chi connectivity index (χ0v) is 11.2. The van der Waals surface area contributed by atoms with Gasteiger partial charge in [0.15, 0.2) is 0 Å². The quantitative estimate of drug-likeness (QED) is 0.863. The molecule has 0 amide bonds. The first-order valence-corrected chi connectivity index (χ1v) is 6.34. The fourth-order valence-corrected chi connectivity index (χ4v) is 1.74. The summed E-state index contributed by atoms with van der Waals surface area (Å²) in [7, 11) is 0. The highest BCUT2D eigenvalue weighted by Gasteiger charge is 2.31. The van der Waals surface area contributed by atoms with Crippen LogP contribution in [0, 0.1) is 5.82 Å². The van der Waals surface area contributed by atoms with Gasteiger partial charge in [0.1, 0.15) is 11.6 Å². The van der Waals surface area contributed by atoms with Gasteiger partial charge >= 0.3 is 6.18 Å². The van der Waals surface area contributed by atoms with Crippen molar-refractivity contribution in [2.75, 3.05) is 11.9 Å². The third-order valence-corrected chi connectivity index (χ3v) is 2.71. The van der Waals surface area contributed by atoms with Crippen LogP contribution in [0.25, 0.3) is 11.3 Å². The summed E-state index contributed by atoms with van der Waals surface area (Å²) < 4.78 is 51.9. The number of nitrogens with one attached hydrogen (secondary N) is 1. The summed E-state index contributed by atoms with van der Waals surface area (Å²) in [6, 6.07) is 2.92. The smallest absolute Gasteiger partial charge is 0.370 e. The summed E-state index contributed by atoms with van der Waals surface area (Å²) in [4.78, 5) is 7.71. The molecule has 0 aliphatic heterocycles. The lowest BCUT2D eigenvalue weighted by atomic mass is 10.1. The molecule has 7 heteroatoms. The predicted molar refractivity (Wildman–Crippen MR) is 71.2 cm³/mol. The monoisotopic (exact) mass is 299 g/mol. The summed E-state index contributed by atoms with van der Waals surface area (Å²) >= 11 is 0. The van der Waals surface area contributed by atoms with Crippen molar-refractivity contribution in [1.82, 2.24) is 9.97 Å². The van der Waals surface area contributed by atoms with Crippen LogP contribution in [0.2, 0.25) is 0 Å². The molecular weight excluding hydrogens is 286 g/mol. The van der Waals surface area contributed by atoms with Crippen molar-refractivity contribution in [2.45, 2.75) is 19.5 Å². The van der Waals surface area contributed by atoms with E-state index in [1.165, 1.54) is 6.20 Å². The maximum absolute atomic E-state index is 13.2. The van der Waals surface area contributed by atoms with Crippen molar-refractivity contribution in [1.29, 1.82) is 0 Å². The summed E-state index contributed by atoms with van der Waals surface area (Å²) in [5.74, 6) is -0.527. The van der Waals surface area contributed by atoms with Crippen LogP contribution in [0.1, 0.15) is 18.9 Å². The van der Waals surface area contributed by atoms with Gasteiger partial charge in [-0.3, -0.25) is 4.98 Å². The number of hydrogen-bond donors (Lipinski definition) is 1. The zero-order chi connectivity index (χ0) is 15.5. The van der Waals surface area contributed by atoms with E-state index in [9.17, 15) is 17.6 Å². The van der Waals surface area contributed by atoms with E-state index in [1.807, 2.05) is 6.92 Å². The standard InChI is InChI=1S/C14H13F4N3/c1-2-3-20-13-6-10(14(16,17)18)5-12(21-13)9-4-11(15)8-19-7-9/h4-8H,2-3H2,1H3,(H,20,21). The molecule has 0 aromatic carbocycles. The Kier molecular flexibility index (Phi) is 4.40. The average molecular weight is 299 g/mol. The third-order valence-electron chi connectivity index (χ3n) is 2.71. The molecule has 0 spiro atoms. The number of hydrogen-bond acceptors (Lipinski definition) is 3. The van der Waals surface area contributed by atoms with Crippen molar-refractivity contribution >= 4 is 5.82 Å². The number of halogens is 4. The Bertz CT molecular complexity index is 626. The molecule has 0 fully saturated rings. The van der Waals surface area contributed by atoms with Crippen molar-refractivity contribution in [3.63, 3.8) is 0 Å². The van der Waals surface area contributed by atoms with E-state index in [2.05, 4.69) is 15.3 Å². The Balaban J connectivity index is 2.49. The van der Waals surface area contributed by atoms with Gasteiger partial charge in [0.05, 0.1) is 17.5 Å². The van der Waals surface area contributed by atoms with Crippen LogP contribution in [0.5, 0.6) is 0 Å². The van der Waals surface area contributed by atoms with Gasteiger partial charge in [-0.1, -0.05) is 6.92 Å². The molecule has 21 heavy (non-hydrogen) atoms. The van der Waals surface area contributed by atoms with Crippen LogP contribution in [-0.2, 0) is 6.18 Å². The van der Waals surface area contributed by atoms with E-state index in [1.54, 1.807) is 0 Å². The summed E-state index contributed by atoms with van der Waals surface area (Å²) in [5.41, 5.74) is -0.619. The van der Waals surface area contributed by atoms with Crippen molar-refractivity contribution in [2.24, 2.45) is 0 Å². The Morgan fingerprint density at radius 2 is 1.90 bits per heavy atom. The second kappa shape index (κ2) is 6.07. The summed E-state index contributed by atoms with van der Waals surface area (Å²) in [6.07, 6.45) is -1.50. The Labute approximate surface area is 119 Å². The lowest BCUT2D eigenvalue weighted by molar-refractivity contribution is -0.137. The van der Waals surface area contributed by atoms with Crippen molar-refractivity contribution in [3.05, 3.63) is 42.0 Å². The van der Waals surface area contributed by atoms with Gasteiger partial charge in [-0.05, 0) is 24.6 Å². The lowest BCUT2D eigenvalue weighted by Crippen LogP contribution is -2.09. The van der Waals surface area contributed by atoms with Crippen LogP contribution in [0.15, 0.2) is 30.6 Å². The first kappa shape index (κ1) is 15.2. The van der Waals surface area contributed by atoms with Crippen LogP contribution >= 0.6 is 0 Å². The first-order chi connectivity index (χ1) is 9.90. The Morgan fingerprint density at radius 1 is 1.14 bits per heavy atom. The molecule has 0 aliphatic carbocycles. The highest BCUT2D eigenvalue weighted by molar-refractivity contribution is 5.62. The average Bonchev–Trinajstić information content (AvgIpc) is 2.44. The minimum Gasteiger partial charge on any atom is -0.370 e. The summed E-state index contributed by atoms with van der Waals surface area (Å²) in [6.45, 7) is 2.38. The maximum atomic E-state index is 13.2. The van der Waals surface area contributed by atoms with Crippen LogP contribution in [0.4, 0.5) is 23.4 Å². The highest BCUT2D eigenvalue weighted by atomic mass is 19.4. The van der Waals surface area contributed by atoms with E-state index < -0.39 is 17.6 Å². The lowest BCUT2D eigenvalue weighted by Gasteiger charge is -2.12. The molecule has 2 aromatic heterocycles. The van der Waals surface area contributed by atoms with E-state index in [4.69, 9.17) is 0 Å². The van der Waals surface area contributed by atoms with Gasteiger partial charge in [0.25, 0.3) is 0 Å². The molecule has 2 aromatic rings. The number of alkyl halides is 3. The number of pyridine rings is 2. The molecule has 0 bridgehead atoms. The molecule has 0 aliphatic rings. The molecule has 0 atom stereocenters. The van der Waals surface area contributed by atoms with Gasteiger partial charge in [0.2, 0.25) is 0 Å². The zero-order valence-electron chi connectivity index (χ0n) is 11.2. The molecule has 0 saturated heterocycles. The van der Waals surface area contributed by atoms with Gasteiger partial charge in [-0.25, -0.2) is 9.37 Å². The Morgan fingerprint density at radius 3 is 2.52 bits per heavy atom. The molecule has 2 rings (SSSR count). The van der Waals surface area contributed by atoms with Crippen LogP contribution < -0.4 is 5.32 Å². The normalized spacial score (nSPS) is 11.5. The fraction of sp³-hybridized carbons (Fsp3) is 0.286. The molecule has 112 valence electrons. The first-order valence-electron chi connectivity index (χ1n) is 6.34. The predicted octanol–water partition coefficient (Wildman–Crippen LogP) is 4.12. The molecular formula is C14H13F4N3.